The highest BCUT2D eigenvalue weighted by atomic mass is 35.5. The second kappa shape index (κ2) is 7.92. The highest BCUT2D eigenvalue weighted by Gasteiger charge is 2.12. The van der Waals surface area contributed by atoms with Gasteiger partial charge in [-0.2, -0.15) is 0 Å². The monoisotopic (exact) mass is 381 g/mol. The molecule has 0 fully saturated rings. The number of rotatable bonds is 7. The topological polar surface area (TPSA) is 54.9 Å². The Morgan fingerprint density at radius 2 is 1.96 bits per heavy atom. The number of Topliss-reactive ketones (excluding diaryl/α,β-unsaturated/α-hetero) is 1. The first-order valence-electron chi connectivity index (χ1n) is 6.73. The van der Waals surface area contributed by atoms with E-state index in [4.69, 9.17) is 11.6 Å². The molecule has 0 bridgehead atoms. The van der Waals surface area contributed by atoms with Crippen LogP contribution < -0.4 is 5.32 Å². The molecule has 0 saturated heterocycles. The number of hydrogen-bond acceptors (Lipinski definition) is 7. The number of thiophene rings is 1. The molecule has 0 atom stereocenters. The van der Waals surface area contributed by atoms with Crippen LogP contribution in [-0.4, -0.2) is 21.7 Å². The van der Waals surface area contributed by atoms with Gasteiger partial charge in [0.05, 0.1) is 15.0 Å². The van der Waals surface area contributed by atoms with E-state index in [1.54, 1.807) is 12.1 Å². The molecule has 1 N–H and O–H groups in total. The lowest BCUT2D eigenvalue weighted by atomic mass is 10.2. The molecule has 118 valence electrons. The summed E-state index contributed by atoms with van der Waals surface area (Å²) in [5.41, 5.74) is 1.18. The minimum absolute atomic E-state index is 0.0564. The van der Waals surface area contributed by atoms with E-state index < -0.39 is 0 Å². The average Bonchev–Trinajstić information content (AvgIpc) is 3.21. The maximum atomic E-state index is 12.0. The van der Waals surface area contributed by atoms with Crippen molar-refractivity contribution >= 4 is 57.0 Å². The lowest BCUT2D eigenvalue weighted by Gasteiger charge is -2.00. The Labute approximate surface area is 150 Å². The molecule has 0 spiro atoms. The number of aromatic nitrogens is 2. The molecule has 0 saturated carbocycles. The van der Waals surface area contributed by atoms with Crippen LogP contribution in [0.15, 0.2) is 46.8 Å². The van der Waals surface area contributed by atoms with Gasteiger partial charge in [-0.25, -0.2) is 0 Å². The Bertz CT molecular complexity index is 788. The van der Waals surface area contributed by atoms with Crippen LogP contribution in [0.1, 0.15) is 15.2 Å². The fourth-order valence-corrected chi connectivity index (χ4v) is 4.48. The van der Waals surface area contributed by atoms with E-state index in [0.717, 1.165) is 9.47 Å². The Kier molecular flexibility index (Phi) is 5.66. The molecular formula is C15H12ClN3OS3. The smallest absolute Gasteiger partial charge is 0.206 e. The first kappa shape index (κ1) is 16.4. The van der Waals surface area contributed by atoms with Crippen LogP contribution in [0, 0.1) is 0 Å². The van der Waals surface area contributed by atoms with Gasteiger partial charge in [-0.3, -0.25) is 4.79 Å². The average molecular weight is 382 g/mol. The zero-order valence-electron chi connectivity index (χ0n) is 11.9. The Hall–Kier alpha value is -1.41. The van der Waals surface area contributed by atoms with E-state index in [-0.39, 0.29) is 5.78 Å². The summed E-state index contributed by atoms with van der Waals surface area (Å²) in [4.78, 5) is 12.7. The minimum atomic E-state index is 0.0564. The summed E-state index contributed by atoms with van der Waals surface area (Å²) in [6.07, 6.45) is 0. The summed E-state index contributed by atoms with van der Waals surface area (Å²) in [6, 6.07) is 13.6. The Morgan fingerprint density at radius 1 is 1.13 bits per heavy atom. The van der Waals surface area contributed by atoms with E-state index in [9.17, 15) is 4.79 Å². The number of ketones is 1. The van der Waals surface area contributed by atoms with Crippen LogP contribution in [0.2, 0.25) is 4.34 Å². The lowest BCUT2D eigenvalue weighted by Crippen LogP contribution is -1.98. The van der Waals surface area contributed by atoms with Crippen molar-refractivity contribution in [2.24, 2.45) is 0 Å². The number of nitrogens with one attached hydrogen (secondary N) is 1. The lowest BCUT2D eigenvalue weighted by molar-refractivity contribution is 0.102. The van der Waals surface area contributed by atoms with Crippen LogP contribution in [0.25, 0.3) is 0 Å². The largest absolute Gasteiger partial charge is 0.356 e. The van der Waals surface area contributed by atoms with Crippen molar-refractivity contribution in [3.63, 3.8) is 0 Å². The quantitative estimate of drug-likeness (QED) is 0.468. The third-order valence-corrected chi connectivity index (χ3v) is 6.15. The van der Waals surface area contributed by atoms with Crippen molar-refractivity contribution in [3.8, 4) is 0 Å². The molecule has 0 aliphatic carbocycles. The molecule has 0 aliphatic rings. The summed E-state index contributed by atoms with van der Waals surface area (Å²) >= 11 is 9.98. The fourth-order valence-electron chi connectivity index (χ4n) is 1.78. The molecule has 0 radical (unpaired) electrons. The summed E-state index contributed by atoms with van der Waals surface area (Å²) in [5.74, 6) is 0.394. The summed E-state index contributed by atoms with van der Waals surface area (Å²) in [5, 5.41) is 12.2. The molecule has 0 unspecified atom stereocenters. The Balaban J connectivity index is 1.50. The first-order chi connectivity index (χ1) is 11.2. The van der Waals surface area contributed by atoms with Crippen LogP contribution in [0.5, 0.6) is 0 Å². The van der Waals surface area contributed by atoms with Crippen molar-refractivity contribution in [2.45, 2.75) is 10.9 Å². The number of benzene rings is 1. The second-order valence-corrected chi connectivity index (χ2v) is 8.44. The van der Waals surface area contributed by atoms with Gasteiger partial charge < -0.3 is 5.32 Å². The third kappa shape index (κ3) is 4.78. The van der Waals surface area contributed by atoms with Gasteiger partial charge in [0.15, 0.2) is 10.1 Å². The van der Waals surface area contributed by atoms with Crippen molar-refractivity contribution in [1.82, 2.24) is 10.2 Å². The van der Waals surface area contributed by atoms with Gasteiger partial charge in [-0.1, -0.05) is 65.0 Å². The molecule has 4 nitrogen and oxygen atoms in total. The van der Waals surface area contributed by atoms with Crippen molar-refractivity contribution in [3.05, 3.63) is 57.2 Å². The molecule has 0 aliphatic heterocycles. The zero-order valence-corrected chi connectivity index (χ0v) is 15.1. The van der Waals surface area contributed by atoms with Gasteiger partial charge >= 0.3 is 0 Å². The normalized spacial score (nSPS) is 10.7. The van der Waals surface area contributed by atoms with Crippen LogP contribution in [0.3, 0.4) is 0 Å². The molecule has 3 aromatic rings. The fraction of sp³-hybridized carbons (Fsp3) is 0.133. The standard InChI is InChI=1S/C15H12ClN3OS3/c16-13-7-6-12(22-13)11(20)9-21-15-19-18-14(23-15)17-8-10-4-2-1-3-5-10/h1-7H,8-9H2,(H,17,18). The zero-order chi connectivity index (χ0) is 16.1. The molecule has 2 heterocycles. The van der Waals surface area contributed by atoms with Gasteiger partial charge in [0.25, 0.3) is 0 Å². The molecule has 8 heteroatoms. The Morgan fingerprint density at radius 3 is 2.70 bits per heavy atom. The second-order valence-electron chi connectivity index (χ2n) is 4.53. The van der Waals surface area contributed by atoms with Gasteiger partial charge in [0.1, 0.15) is 0 Å². The number of carbonyl (C=O) groups is 1. The van der Waals surface area contributed by atoms with E-state index in [1.165, 1.54) is 40.0 Å². The first-order valence-corrected chi connectivity index (χ1v) is 9.73. The predicted octanol–water partition coefficient (Wildman–Crippen LogP) is 4.84. The van der Waals surface area contributed by atoms with E-state index in [0.29, 0.717) is 21.5 Å². The number of thioether (sulfide) groups is 1. The maximum Gasteiger partial charge on any atom is 0.206 e. The number of anilines is 1. The number of halogens is 1. The molecule has 23 heavy (non-hydrogen) atoms. The molecule has 0 amide bonds. The molecule has 2 aromatic heterocycles. The van der Waals surface area contributed by atoms with Gasteiger partial charge in [0.2, 0.25) is 5.13 Å². The molecule has 1 aromatic carbocycles. The molecule has 3 rings (SSSR count). The van der Waals surface area contributed by atoms with Gasteiger partial charge in [0, 0.05) is 6.54 Å². The minimum Gasteiger partial charge on any atom is -0.356 e. The summed E-state index contributed by atoms with van der Waals surface area (Å²) in [6.45, 7) is 0.701. The van der Waals surface area contributed by atoms with Crippen LogP contribution >= 0.6 is 46.0 Å². The predicted molar refractivity (Wildman–Crippen MR) is 98.1 cm³/mol. The van der Waals surface area contributed by atoms with Crippen molar-refractivity contribution < 1.29 is 4.79 Å². The maximum absolute atomic E-state index is 12.0. The van der Waals surface area contributed by atoms with Crippen LogP contribution in [0.4, 0.5) is 5.13 Å². The third-order valence-electron chi connectivity index (χ3n) is 2.87. The van der Waals surface area contributed by atoms with E-state index in [1.807, 2.05) is 18.2 Å². The summed E-state index contributed by atoms with van der Waals surface area (Å²) in [7, 11) is 0. The molecular weight excluding hydrogens is 370 g/mol. The highest BCUT2D eigenvalue weighted by Crippen LogP contribution is 2.28. The summed E-state index contributed by atoms with van der Waals surface area (Å²) < 4.78 is 1.40. The number of carbonyl (C=O) groups excluding carboxylic acids is 1. The number of nitrogens with zero attached hydrogens (tertiary/aromatic N) is 2. The van der Waals surface area contributed by atoms with Crippen LogP contribution in [-0.2, 0) is 6.54 Å². The van der Waals surface area contributed by atoms with Crippen molar-refractivity contribution in [2.75, 3.05) is 11.1 Å². The van der Waals surface area contributed by atoms with Gasteiger partial charge in [-0.05, 0) is 17.7 Å². The van der Waals surface area contributed by atoms with Crippen molar-refractivity contribution in [1.29, 1.82) is 0 Å². The SMILES string of the molecule is O=C(CSc1nnc(NCc2ccccc2)s1)c1ccc(Cl)s1. The number of hydrogen-bond donors (Lipinski definition) is 1. The van der Waals surface area contributed by atoms with E-state index >= 15 is 0 Å². The highest BCUT2D eigenvalue weighted by molar-refractivity contribution is 8.01. The van der Waals surface area contributed by atoms with E-state index in [2.05, 4.69) is 27.6 Å². The van der Waals surface area contributed by atoms with Gasteiger partial charge in [-0.15, -0.1) is 21.5 Å².